The predicted molar refractivity (Wildman–Crippen MR) is 87.5 cm³/mol. The van der Waals surface area contributed by atoms with Gasteiger partial charge >= 0.3 is 0 Å². The molecule has 2 N–H and O–H groups in total. The molecule has 2 aliphatic heterocycles. The third-order valence-electron chi connectivity index (χ3n) is 4.90. The number of ether oxygens (including phenoxy) is 2. The Morgan fingerprint density at radius 2 is 1.79 bits per heavy atom. The maximum absolute atomic E-state index is 12.9. The van der Waals surface area contributed by atoms with Gasteiger partial charge in [0.05, 0.1) is 5.60 Å². The van der Waals surface area contributed by atoms with Crippen molar-refractivity contribution in [3.8, 4) is 5.75 Å². The summed E-state index contributed by atoms with van der Waals surface area (Å²) in [6.45, 7) is 3.22. The van der Waals surface area contributed by atoms with Gasteiger partial charge in [0.25, 0.3) is 0 Å². The van der Waals surface area contributed by atoms with E-state index in [-0.39, 0.29) is 12.4 Å². The van der Waals surface area contributed by atoms with Crippen molar-refractivity contribution in [2.24, 2.45) is 0 Å². The fourth-order valence-corrected chi connectivity index (χ4v) is 3.53. The average molecular weight is 339 g/mol. The van der Waals surface area contributed by atoms with E-state index in [1.165, 1.54) is 12.1 Å². The van der Waals surface area contributed by atoms with Crippen LogP contribution in [-0.4, -0.2) is 65.8 Å². The smallest absolute Gasteiger partial charge is 0.123 e. The van der Waals surface area contributed by atoms with Gasteiger partial charge in [-0.2, -0.15) is 0 Å². The molecule has 1 aromatic rings. The molecule has 0 spiro atoms. The molecular formula is C18H26FNO4. The van der Waals surface area contributed by atoms with Crippen LogP contribution in [0.4, 0.5) is 4.39 Å². The monoisotopic (exact) mass is 339 g/mol. The van der Waals surface area contributed by atoms with Crippen LogP contribution in [0.15, 0.2) is 24.3 Å². The fourth-order valence-electron chi connectivity index (χ4n) is 3.53. The van der Waals surface area contributed by atoms with Gasteiger partial charge in [-0.25, -0.2) is 4.39 Å². The molecule has 0 aliphatic carbocycles. The first-order valence-electron chi connectivity index (χ1n) is 8.60. The first kappa shape index (κ1) is 17.6. The number of likely N-dealkylation sites (tertiary alicyclic amines) is 1. The SMILES string of the molecule is OC1(CN2CCCC(O)(COc3ccc(F)cc3)C2)CCOCC1. The lowest BCUT2D eigenvalue weighted by Crippen LogP contribution is -2.56. The quantitative estimate of drug-likeness (QED) is 0.853. The number of halogens is 1. The van der Waals surface area contributed by atoms with E-state index in [0.717, 1.165) is 13.0 Å². The minimum absolute atomic E-state index is 0.163. The highest BCUT2D eigenvalue weighted by Crippen LogP contribution is 2.27. The number of rotatable bonds is 5. The highest BCUT2D eigenvalue weighted by molar-refractivity contribution is 5.22. The summed E-state index contributed by atoms with van der Waals surface area (Å²) in [6.07, 6.45) is 2.78. The molecule has 6 heteroatoms. The summed E-state index contributed by atoms with van der Waals surface area (Å²) in [5, 5.41) is 21.5. The molecule has 1 atom stereocenters. The highest BCUT2D eigenvalue weighted by atomic mass is 19.1. The Morgan fingerprint density at radius 3 is 2.50 bits per heavy atom. The van der Waals surface area contributed by atoms with Crippen LogP contribution in [0.1, 0.15) is 25.7 Å². The van der Waals surface area contributed by atoms with Crippen molar-refractivity contribution in [3.63, 3.8) is 0 Å². The van der Waals surface area contributed by atoms with E-state index in [9.17, 15) is 14.6 Å². The summed E-state index contributed by atoms with van der Waals surface area (Å²) in [5.41, 5.74) is -1.68. The zero-order chi connectivity index (χ0) is 17.0. The molecule has 2 saturated heterocycles. The Hall–Kier alpha value is -1.21. The Morgan fingerprint density at radius 1 is 1.08 bits per heavy atom. The van der Waals surface area contributed by atoms with Crippen LogP contribution in [0.3, 0.4) is 0 Å². The van der Waals surface area contributed by atoms with Crippen molar-refractivity contribution in [1.82, 2.24) is 4.90 Å². The predicted octanol–water partition coefficient (Wildman–Crippen LogP) is 1.57. The Kier molecular flexibility index (Phi) is 5.39. The number of β-amino-alcohol motifs (C(OH)–C–C–N with tert-alkyl or cyclic N) is 2. The topological polar surface area (TPSA) is 62.2 Å². The summed E-state index contributed by atoms with van der Waals surface area (Å²) >= 11 is 0. The zero-order valence-electron chi connectivity index (χ0n) is 13.9. The standard InChI is InChI=1S/C18H26FNO4/c19-15-2-4-16(5-3-15)24-14-18(22)6-1-9-20(13-18)12-17(21)7-10-23-11-8-17/h2-5,21-22H,1,6-14H2. The lowest BCUT2D eigenvalue weighted by atomic mass is 9.89. The van der Waals surface area contributed by atoms with Crippen LogP contribution in [-0.2, 0) is 4.74 Å². The first-order chi connectivity index (χ1) is 11.5. The lowest BCUT2D eigenvalue weighted by Gasteiger charge is -2.43. The van der Waals surface area contributed by atoms with E-state index in [1.54, 1.807) is 12.1 Å². The lowest BCUT2D eigenvalue weighted by molar-refractivity contribution is -0.108. The molecule has 0 bridgehead atoms. The first-order valence-corrected chi connectivity index (χ1v) is 8.60. The molecule has 2 fully saturated rings. The van der Waals surface area contributed by atoms with Crippen molar-refractivity contribution in [3.05, 3.63) is 30.1 Å². The molecule has 0 radical (unpaired) electrons. The van der Waals surface area contributed by atoms with Crippen molar-refractivity contribution < 1.29 is 24.1 Å². The summed E-state index contributed by atoms with van der Waals surface area (Å²) in [6, 6.07) is 5.80. The van der Waals surface area contributed by atoms with Crippen LogP contribution in [0.2, 0.25) is 0 Å². The van der Waals surface area contributed by atoms with Crippen molar-refractivity contribution >= 4 is 0 Å². The van der Waals surface area contributed by atoms with Crippen LogP contribution in [0.5, 0.6) is 5.75 Å². The second-order valence-corrected chi connectivity index (χ2v) is 7.12. The molecule has 134 valence electrons. The fraction of sp³-hybridized carbons (Fsp3) is 0.667. The van der Waals surface area contributed by atoms with Gasteiger partial charge in [0.1, 0.15) is 23.8 Å². The van der Waals surface area contributed by atoms with E-state index in [2.05, 4.69) is 4.90 Å². The van der Waals surface area contributed by atoms with E-state index < -0.39 is 11.2 Å². The van der Waals surface area contributed by atoms with E-state index >= 15 is 0 Å². The second-order valence-electron chi connectivity index (χ2n) is 7.12. The summed E-state index contributed by atoms with van der Waals surface area (Å²) in [4.78, 5) is 2.11. The van der Waals surface area contributed by atoms with Gasteiger partial charge in [-0.05, 0) is 43.7 Å². The molecule has 5 nitrogen and oxygen atoms in total. The maximum Gasteiger partial charge on any atom is 0.123 e. The molecule has 1 unspecified atom stereocenters. The van der Waals surface area contributed by atoms with Crippen LogP contribution < -0.4 is 4.74 Å². The molecule has 2 aliphatic rings. The number of aliphatic hydroxyl groups is 2. The number of piperidine rings is 1. The van der Waals surface area contributed by atoms with Gasteiger partial charge in [-0.1, -0.05) is 0 Å². The van der Waals surface area contributed by atoms with Gasteiger partial charge in [0.2, 0.25) is 0 Å². The third kappa shape index (κ3) is 4.66. The Labute approximate surface area is 142 Å². The summed E-state index contributed by atoms with van der Waals surface area (Å²) in [7, 11) is 0. The minimum atomic E-state index is -0.950. The number of hydrogen-bond acceptors (Lipinski definition) is 5. The molecular weight excluding hydrogens is 313 g/mol. The van der Waals surface area contributed by atoms with Crippen molar-refractivity contribution in [2.45, 2.75) is 36.9 Å². The number of hydrogen-bond donors (Lipinski definition) is 2. The van der Waals surface area contributed by atoms with Crippen LogP contribution in [0, 0.1) is 5.82 Å². The molecule has 3 rings (SSSR count). The van der Waals surface area contributed by atoms with Crippen LogP contribution in [0.25, 0.3) is 0 Å². The maximum atomic E-state index is 12.9. The van der Waals surface area contributed by atoms with E-state index in [0.29, 0.717) is 51.3 Å². The minimum Gasteiger partial charge on any atom is -0.491 e. The molecule has 24 heavy (non-hydrogen) atoms. The molecule has 1 aromatic carbocycles. The van der Waals surface area contributed by atoms with Gasteiger partial charge in [-0.3, -0.25) is 4.90 Å². The van der Waals surface area contributed by atoms with Crippen molar-refractivity contribution in [2.75, 3.05) is 39.5 Å². The molecule has 0 saturated carbocycles. The largest absolute Gasteiger partial charge is 0.491 e. The molecule has 0 amide bonds. The van der Waals surface area contributed by atoms with Crippen molar-refractivity contribution in [1.29, 1.82) is 0 Å². The average Bonchev–Trinajstić information content (AvgIpc) is 2.55. The summed E-state index contributed by atoms with van der Waals surface area (Å²) in [5.74, 6) is 0.236. The van der Waals surface area contributed by atoms with E-state index in [4.69, 9.17) is 9.47 Å². The summed E-state index contributed by atoms with van der Waals surface area (Å²) < 4.78 is 23.9. The molecule has 2 heterocycles. The number of benzene rings is 1. The molecule has 0 aromatic heterocycles. The normalized spacial score (nSPS) is 27.8. The second kappa shape index (κ2) is 7.35. The number of nitrogens with zero attached hydrogens (tertiary/aromatic N) is 1. The van der Waals surface area contributed by atoms with Gasteiger partial charge in [-0.15, -0.1) is 0 Å². The third-order valence-corrected chi connectivity index (χ3v) is 4.90. The van der Waals surface area contributed by atoms with E-state index in [1.807, 2.05) is 0 Å². The van der Waals surface area contributed by atoms with Crippen LogP contribution >= 0.6 is 0 Å². The van der Waals surface area contributed by atoms with Gasteiger partial charge in [0.15, 0.2) is 0 Å². The van der Waals surface area contributed by atoms with Gasteiger partial charge in [0, 0.05) is 39.1 Å². The zero-order valence-corrected chi connectivity index (χ0v) is 13.9. The highest BCUT2D eigenvalue weighted by Gasteiger charge is 2.38. The van der Waals surface area contributed by atoms with Gasteiger partial charge < -0.3 is 19.7 Å². The Bertz CT molecular complexity index is 532. The Balaban J connectivity index is 1.54.